The van der Waals surface area contributed by atoms with Crippen LogP contribution in [0.25, 0.3) is 0 Å². The minimum absolute atomic E-state index is 0.779. The van der Waals surface area contributed by atoms with Gasteiger partial charge >= 0.3 is 0 Å². The fourth-order valence-corrected chi connectivity index (χ4v) is 5.36. The van der Waals surface area contributed by atoms with Crippen molar-refractivity contribution in [1.82, 2.24) is 0 Å². The van der Waals surface area contributed by atoms with Gasteiger partial charge in [-0.05, 0) is 67.1 Å². The molecule has 2 fully saturated rings. The molecule has 1 aromatic rings. The van der Waals surface area contributed by atoms with Crippen LogP contribution in [-0.4, -0.2) is 0 Å². The molecule has 0 heterocycles. The molecule has 0 N–H and O–H groups in total. The first-order valence-electron chi connectivity index (χ1n) is 10.8. The molecule has 0 aliphatic heterocycles. The molecule has 0 aromatic heterocycles. The second kappa shape index (κ2) is 9.42. The topological polar surface area (TPSA) is 23.8 Å². The Morgan fingerprint density at radius 2 is 1.32 bits per heavy atom. The molecule has 1 heteroatoms. The van der Waals surface area contributed by atoms with Gasteiger partial charge in [-0.15, -0.1) is 0 Å². The Hall–Kier alpha value is -1.29. The molecule has 0 atom stereocenters. The summed E-state index contributed by atoms with van der Waals surface area (Å²) in [5.74, 6) is 3.95. The number of nitriles is 1. The van der Waals surface area contributed by atoms with E-state index in [1.54, 1.807) is 0 Å². The Balaban J connectivity index is 1.36. The highest BCUT2D eigenvalue weighted by Gasteiger charge is 2.26. The first-order valence-corrected chi connectivity index (χ1v) is 10.8. The van der Waals surface area contributed by atoms with Crippen molar-refractivity contribution in [2.24, 2.45) is 23.7 Å². The van der Waals surface area contributed by atoms with E-state index in [2.05, 4.69) is 25.1 Å². The van der Waals surface area contributed by atoms with E-state index in [1.807, 2.05) is 12.1 Å². The first kappa shape index (κ1) is 18.5. The normalized spacial score (nSPS) is 29.9. The molecule has 0 saturated heterocycles. The Morgan fingerprint density at radius 3 is 1.84 bits per heavy atom. The molecule has 0 radical (unpaired) electrons. The molecular formula is C24H35N. The summed E-state index contributed by atoms with van der Waals surface area (Å²) in [7, 11) is 0. The Labute approximate surface area is 154 Å². The molecule has 1 aromatic carbocycles. The minimum Gasteiger partial charge on any atom is -0.192 e. The van der Waals surface area contributed by atoms with Crippen molar-refractivity contribution < 1.29 is 0 Å². The van der Waals surface area contributed by atoms with E-state index in [4.69, 9.17) is 5.26 Å². The Morgan fingerprint density at radius 1 is 0.800 bits per heavy atom. The van der Waals surface area contributed by atoms with E-state index in [-0.39, 0.29) is 0 Å². The Bertz CT molecular complexity index is 536. The number of hydrogen-bond donors (Lipinski definition) is 0. The second-order valence-electron chi connectivity index (χ2n) is 8.81. The summed E-state index contributed by atoms with van der Waals surface area (Å²) >= 11 is 0. The average Bonchev–Trinajstić information content (AvgIpc) is 2.66. The summed E-state index contributed by atoms with van der Waals surface area (Å²) < 4.78 is 0. The number of hydrogen-bond acceptors (Lipinski definition) is 1. The van der Waals surface area contributed by atoms with Gasteiger partial charge in [0.15, 0.2) is 0 Å². The van der Waals surface area contributed by atoms with Gasteiger partial charge in [-0.25, -0.2) is 0 Å². The molecule has 1 nitrogen and oxygen atoms in total. The van der Waals surface area contributed by atoms with Crippen molar-refractivity contribution in [2.45, 2.75) is 84.0 Å². The predicted octanol–water partition coefficient (Wildman–Crippen LogP) is 6.90. The first-order chi connectivity index (χ1) is 12.3. The van der Waals surface area contributed by atoms with E-state index in [0.717, 1.165) is 29.2 Å². The van der Waals surface area contributed by atoms with Crippen LogP contribution in [0.15, 0.2) is 24.3 Å². The van der Waals surface area contributed by atoms with Crippen LogP contribution in [-0.2, 0) is 6.42 Å². The number of nitrogens with zero attached hydrogens (tertiary/aromatic N) is 1. The van der Waals surface area contributed by atoms with Crippen molar-refractivity contribution in [1.29, 1.82) is 5.26 Å². The van der Waals surface area contributed by atoms with Crippen molar-refractivity contribution in [2.75, 3.05) is 0 Å². The van der Waals surface area contributed by atoms with Gasteiger partial charge < -0.3 is 0 Å². The summed E-state index contributed by atoms with van der Waals surface area (Å²) in [4.78, 5) is 0. The van der Waals surface area contributed by atoms with Gasteiger partial charge in [0.25, 0.3) is 0 Å². The van der Waals surface area contributed by atoms with Crippen LogP contribution in [0.1, 0.15) is 88.7 Å². The highest BCUT2D eigenvalue weighted by Crippen LogP contribution is 2.39. The van der Waals surface area contributed by atoms with E-state index in [9.17, 15) is 0 Å². The molecule has 0 unspecified atom stereocenters. The van der Waals surface area contributed by atoms with E-state index in [0.29, 0.717) is 0 Å². The predicted molar refractivity (Wildman–Crippen MR) is 105 cm³/mol. The molecule has 0 amide bonds. The molecule has 0 bridgehead atoms. The van der Waals surface area contributed by atoms with Crippen LogP contribution in [0.2, 0.25) is 0 Å². The minimum atomic E-state index is 0.779. The van der Waals surface area contributed by atoms with Gasteiger partial charge in [0.1, 0.15) is 0 Å². The number of benzene rings is 1. The largest absolute Gasteiger partial charge is 0.192 e. The van der Waals surface area contributed by atoms with Crippen LogP contribution in [0.5, 0.6) is 0 Å². The summed E-state index contributed by atoms with van der Waals surface area (Å²) in [6.07, 6.45) is 17.3. The van der Waals surface area contributed by atoms with E-state index in [1.165, 1.54) is 82.6 Å². The van der Waals surface area contributed by atoms with Gasteiger partial charge in [0.2, 0.25) is 0 Å². The zero-order chi connectivity index (χ0) is 17.5. The van der Waals surface area contributed by atoms with E-state index >= 15 is 0 Å². The monoisotopic (exact) mass is 337 g/mol. The van der Waals surface area contributed by atoms with Crippen molar-refractivity contribution in [3.63, 3.8) is 0 Å². The number of rotatable bonds is 6. The molecule has 2 aliphatic carbocycles. The zero-order valence-corrected chi connectivity index (χ0v) is 16.1. The molecular weight excluding hydrogens is 302 g/mol. The van der Waals surface area contributed by atoms with Crippen LogP contribution >= 0.6 is 0 Å². The SMILES string of the molecule is CCC[C@H]1CC[C@H](C[C@H]2CC[C@H](Cc3ccc(C#N)cc3)CC2)CC1. The van der Waals surface area contributed by atoms with Crippen LogP contribution in [0.3, 0.4) is 0 Å². The molecule has 2 aliphatic rings. The fourth-order valence-electron chi connectivity index (χ4n) is 5.36. The maximum atomic E-state index is 8.90. The lowest BCUT2D eigenvalue weighted by Crippen LogP contribution is -2.21. The molecule has 2 saturated carbocycles. The maximum absolute atomic E-state index is 8.90. The lowest BCUT2D eigenvalue weighted by molar-refractivity contribution is 0.187. The maximum Gasteiger partial charge on any atom is 0.0991 e. The average molecular weight is 338 g/mol. The molecule has 3 rings (SSSR count). The lowest BCUT2D eigenvalue weighted by Gasteiger charge is -2.34. The highest BCUT2D eigenvalue weighted by molar-refractivity contribution is 5.31. The molecule has 0 spiro atoms. The van der Waals surface area contributed by atoms with Gasteiger partial charge in [-0.3, -0.25) is 0 Å². The Kier molecular flexibility index (Phi) is 6.97. The fraction of sp³-hybridized carbons (Fsp3) is 0.708. The van der Waals surface area contributed by atoms with Gasteiger partial charge in [-0.2, -0.15) is 5.26 Å². The summed E-state index contributed by atoms with van der Waals surface area (Å²) in [6.45, 7) is 2.34. The second-order valence-corrected chi connectivity index (χ2v) is 8.81. The third-order valence-electron chi connectivity index (χ3n) is 6.90. The van der Waals surface area contributed by atoms with Crippen LogP contribution in [0.4, 0.5) is 0 Å². The van der Waals surface area contributed by atoms with Gasteiger partial charge in [0, 0.05) is 0 Å². The molecule has 25 heavy (non-hydrogen) atoms. The van der Waals surface area contributed by atoms with Gasteiger partial charge in [-0.1, -0.05) is 70.4 Å². The van der Waals surface area contributed by atoms with Crippen molar-refractivity contribution >= 4 is 0 Å². The lowest BCUT2D eigenvalue weighted by atomic mass is 9.72. The third kappa shape index (κ3) is 5.60. The van der Waals surface area contributed by atoms with E-state index < -0.39 is 0 Å². The summed E-state index contributed by atoms with van der Waals surface area (Å²) in [5, 5.41) is 8.90. The van der Waals surface area contributed by atoms with Crippen molar-refractivity contribution in [3.8, 4) is 6.07 Å². The summed E-state index contributed by atoms with van der Waals surface area (Å²) in [5.41, 5.74) is 2.19. The smallest absolute Gasteiger partial charge is 0.0991 e. The standard InChI is InChI=1S/C24H35N/c1-2-3-19-4-6-20(7-5-19)16-21-8-10-22(11-9-21)17-23-12-14-24(18-25)15-13-23/h12-15,19-22H,2-11,16-17H2,1H3/t19-,20-,21-,22-. The van der Waals surface area contributed by atoms with Crippen LogP contribution in [0, 0.1) is 35.0 Å². The van der Waals surface area contributed by atoms with Crippen LogP contribution < -0.4 is 0 Å². The van der Waals surface area contributed by atoms with Crippen molar-refractivity contribution in [3.05, 3.63) is 35.4 Å². The zero-order valence-electron chi connectivity index (χ0n) is 16.1. The molecule has 136 valence electrons. The highest BCUT2D eigenvalue weighted by atomic mass is 14.3. The summed E-state index contributed by atoms with van der Waals surface area (Å²) in [6, 6.07) is 10.5. The third-order valence-corrected chi connectivity index (χ3v) is 6.90. The quantitative estimate of drug-likeness (QED) is 0.553. The van der Waals surface area contributed by atoms with Gasteiger partial charge in [0.05, 0.1) is 11.6 Å².